The number of amides is 1. The molecule has 0 aromatic carbocycles. The van der Waals surface area contributed by atoms with Crippen molar-refractivity contribution in [2.24, 2.45) is 0 Å². The number of allylic oxidation sites excluding steroid dienone is 7. The van der Waals surface area contributed by atoms with Gasteiger partial charge in [0.2, 0.25) is 5.91 Å². The van der Waals surface area contributed by atoms with Crippen LogP contribution in [0.25, 0.3) is 0 Å². The number of hydrogen-bond donors (Lipinski definition) is 12. The number of carbonyl (C=O) groups is 1. The third-order valence-electron chi connectivity index (χ3n) is 20.1. The summed E-state index contributed by atoms with van der Waals surface area (Å²) < 4.78 is 34.5. The minimum atomic E-state index is -1.98. The first-order valence-electron chi connectivity index (χ1n) is 40.4. The lowest BCUT2D eigenvalue weighted by atomic mass is 9.96. The van der Waals surface area contributed by atoms with E-state index in [2.05, 4.69) is 55.6 Å². The zero-order valence-corrected chi connectivity index (χ0v) is 62.0. The van der Waals surface area contributed by atoms with E-state index in [1.165, 1.54) is 225 Å². The molecule has 3 saturated heterocycles. The molecule has 19 heteroatoms. The molecule has 0 spiro atoms. The van der Waals surface area contributed by atoms with Crippen LogP contribution in [0.1, 0.15) is 322 Å². The highest BCUT2D eigenvalue weighted by molar-refractivity contribution is 5.76. The van der Waals surface area contributed by atoms with Crippen molar-refractivity contribution in [3.05, 3.63) is 48.6 Å². The third kappa shape index (κ3) is 41.3. The lowest BCUT2D eigenvalue weighted by molar-refractivity contribution is -0.379. The van der Waals surface area contributed by atoms with Gasteiger partial charge in [-0.05, 0) is 57.8 Å². The van der Waals surface area contributed by atoms with Crippen molar-refractivity contribution in [3.8, 4) is 0 Å². The van der Waals surface area contributed by atoms with Gasteiger partial charge < -0.3 is 89.9 Å². The smallest absolute Gasteiger partial charge is 0.220 e. The molecule has 0 radical (unpaired) electrons. The summed E-state index contributed by atoms with van der Waals surface area (Å²) in [5.74, 6) is -0.280. The Kier molecular flexibility index (Phi) is 56.0. The second-order valence-electron chi connectivity index (χ2n) is 28.9. The Balaban J connectivity index is 1.38. The van der Waals surface area contributed by atoms with E-state index >= 15 is 0 Å². The zero-order chi connectivity index (χ0) is 71.8. The van der Waals surface area contributed by atoms with Gasteiger partial charge in [0, 0.05) is 6.42 Å². The largest absolute Gasteiger partial charge is 0.394 e. The summed E-state index contributed by atoms with van der Waals surface area (Å²) in [5.41, 5.74) is 0. The summed E-state index contributed by atoms with van der Waals surface area (Å²) in [6.07, 6.45) is 49.5. The van der Waals surface area contributed by atoms with Gasteiger partial charge in [0.1, 0.15) is 73.2 Å². The van der Waals surface area contributed by atoms with E-state index in [1.807, 2.05) is 6.08 Å². The normalized spacial score (nSPS) is 26.8. The van der Waals surface area contributed by atoms with Gasteiger partial charge >= 0.3 is 0 Å². The third-order valence-corrected chi connectivity index (χ3v) is 20.1. The summed E-state index contributed by atoms with van der Waals surface area (Å²) in [4.78, 5) is 13.5. The Morgan fingerprint density at radius 3 is 1.04 bits per heavy atom. The minimum absolute atomic E-state index is 0.235. The van der Waals surface area contributed by atoms with E-state index < -0.39 is 124 Å². The maximum Gasteiger partial charge on any atom is 0.220 e. The number of aliphatic hydroxyl groups excluding tert-OH is 11. The van der Waals surface area contributed by atoms with Crippen LogP contribution in [0.2, 0.25) is 0 Å². The highest BCUT2D eigenvalue weighted by Gasteiger charge is 2.54. The summed E-state index contributed by atoms with van der Waals surface area (Å²) >= 11 is 0. The number of hydrogen-bond acceptors (Lipinski definition) is 18. The summed E-state index contributed by atoms with van der Waals surface area (Å²) in [5, 5.41) is 121. The number of rotatable bonds is 64. The number of unbranched alkanes of at least 4 members (excludes halogenated alkanes) is 42. The Morgan fingerprint density at radius 2 is 0.667 bits per heavy atom. The van der Waals surface area contributed by atoms with E-state index in [-0.39, 0.29) is 18.9 Å². The highest BCUT2D eigenvalue weighted by atomic mass is 16.8. The molecule has 3 heterocycles. The molecule has 3 aliphatic heterocycles. The first-order valence-corrected chi connectivity index (χ1v) is 40.4. The molecule has 0 aliphatic carbocycles. The summed E-state index contributed by atoms with van der Waals surface area (Å²) in [6, 6.07) is -0.981. The molecule has 0 aromatic heterocycles. The average Bonchev–Trinajstić information content (AvgIpc) is 0.782. The molecule has 99 heavy (non-hydrogen) atoms. The molecule has 580 valence electrons. The average molecular weight is 1410 g/mol. The molecule has 0 saturated carbocycles. The van der Waals surface area contributed by atoms with Crippen LogP contribution in [-0.4, -0.2) is 193 Å². The number of ether oxygens (including phenoxy) is 6. The lowest BCUT2D eigenvalue weighted by Crippen LogP contribution is -2.66. The quantitative estimate of drug-likeness (QED) is 0.0199. The Hall–Kier alpha value is -2.25. The molecule has 1 amide bonds. The van der Waals surface area contributed by atoms with E-state index in [0.717, 1.165) is 70.6 Å². The zero-order valence-electron chi connectivity index (χ0n) is 62.0. The molecule has 3 aliphatic rings. The van der Waals surface area contributed by atoms with Gasteiger partial charge in [0.15, 0.2) is 18.9 Å². The van der Waals surface area contributed by atoms with Crippen LogP contribution in [0.4, 0.5) is 0 Å². The fourth-order valence-electron chi connectivity index (χ4n) is 13.6. The number of carbonyl (C=O) groups excluding carboxylic acids is 1. The topological polar surface area (TPSA) is 307 Å². The highest BCUT2D eigenvalue weighted by Crippen LogP contribution is 2.33. The van der Waals surface area contributed by atoms with E-state index in [4.69, 9.17) is 28.4 Å². The first kappa shape index (κ1) is 91.0. The van der Waals surface area contributed by atoms with Gasteiger partial charge in [-0.25, -0.2) is 0 Å². The molecule has 17 atom stereocenters. The second kappa shape index (κ2) is 61.0. The SMILES string of the molecule is CCCCCCC/C=C\C/C=C\C/C=C\CCCCCCCCCCC(=O)NC(COC1OC(CO)C(OC2OC(CO)C(OC3OC(CO)C(O)C(O)C3O)C(O)C2O)C(O)C1O)C(O)/C=C/CCCCCCCCCCCCCCCCCCCCCCCCCCCCCCC. The van der Waals surface area contributed by atoms with Crippen LogP contribution >= 0.6 is 0 Å². The Bertz CT molecular complexity index is 1980. The molecule has 12 N–H and O–H groups in total. The second-order valence-corrected chi connectivity index (χ2v) is 28.9. The number of aliphatic hydroxyl groups is 11. The van der Waals surface area contributed by atoms with Gasteiger partial charge in [-0.15, -0.1) is 0 Å². The van der Waals surface area contributed by atoms with Crippen molar-refractivity contribution in [2.75, 3.05) is 26.4 Å². The molecule has 0 aromatic rings. The Morgan fingerprint density at radius 1 is 0.364 bits per heavy atom. The maximum absolute atomic E-state index is 13.5. The van der Waals surface area contributed by atoms with Gasteiger partial charge in [-0.1, -0.05) is 306 Å². The van der Waals surface area contributed by atoms with Crippen molar-refractivity contribution >= 4 is 5.91 Å². The van der Waals surface area contributed by atoms with Crippen molar-refractivity contribution in [3.63, 3.8) is 0 Å². The van der Waals surface area contributed by atoms with Gasteiger partial charge in [-0.3, -0.25) is 4.79 Å². The summed E-state index contributed by atoms with van der Waals surface area (Å²) in [7, 11) is 0. The van der Waals surface area contributed by atoms with Crippen LogP contribution in [0, 0.1) is 0 Å². The van der Waals surface area contributed by atoms with Crippen LogP contribution < -0.4 is 5.32 Å². The predicted molar refractivity (Wildman–Crippen MR) is 392 cm³/mol. The van der Waals surface area contributed by atoms with E-state index in [9.17, 15) is 61.0 Å². The van der Waals surface area contributed by atoms with E-state index in [0.29, 0.717) is 6.42 Å². The lowest BCUT2D eigenvalue weighted by Gasteiger charge is -2.48. The molecule has 17 unspecified atom stereocenters. The van der Waals surface area contributed by atoms with Crippen LogP contribution in [0.5, 0.6) is 0 Å². The Labute approximate surface area is 599 Å². The standard InChI is InChI=1S/C80H147NO18/c1-3-5-7-9-11-13-15-17-19-21-23-25-27-28-29-30-31-32-33-34-36-37-39-41-43-45-47-49-51-53-55-57-64(85)63(81-68(86)58-56-54-52-50-48-46-44-42-40-38-35-26-24-22-20-18-16-14-12-10-8-6-4-2)62-94-78-74(92)71(89)76(66(60-83)96-78)99-80-75(93)72(90)77(67(61-84)97-80)98-79-73(91)70(88)69(87)65(59-82)95-79/h16,18,22,24,35,38,55,57,63-67,69-80,82-85,87-93H,3-15,17,19-21,23,25-34,36-37,39-54,56,58-62H2,1-2H3,(H,81,86)/b18-16-,24-22-,38-35-,57-55+. The minimum Gasteiger partial charge on any atom is -0.394 e. The number of nitrogens with one attached hydrogen (secondary N) is 1. The monoisotopic (exact) mass is 1410 g/mol. The fourth-order valence-corrected chi connectivity index (χ4v) is 13.6. The molecular formula is C80H147NO18. The first-order chi connectivity index (χ1) is 48.3. The van der Waals surface area contributed by atoms with Crippen LogP contribution in [-0.2, 0) is 33.2 Å². The van der Waals surface area contributed by atoms with Gasteiger partial charge in [-0.2, -0.15) is 0 Å². The van der Waals surface area contributed by atoms with Crippen LogP contribution in [0.15, 0.2) is 48.6 Å². The summed E-state index contributed by atoms with van der Waals surface area (Å²) in [6.45, 7) is 1.76. The van der Waals surface area contributed by atoms with E-state index in [1.54, 1.807) is 6.08 Å². The van der Waals surface area contributed by atoms with Crippen LogP contribution in [0.3, 0.4) is 0 Å². The van der Waals surface area contributed by atoms with Gasteiger partial charge in [0.25, 0.3) is 0 Å². The molecule has 0 bridgehead atoms. The fraction of sp³-hybridized carbons (Fsp3) is 0.887. The van der Waals surface area contributed by atoms with Crippen molar-refractivity contribution < 1.29 is 89.4 Å². The van der Waals surface area contributed by atoms with Gasteiger partial charge in [0.05, 0.1) is 38.6 Å². The predicted octanol–water partition coefficient (Wildman–Crippen LogP) is 13.3. The molecular weight excluding hydrogens is 1260 g/mol. The van der Waals surface area contributed by atoms with Crippen molar-refractivity contribution in [2.45, 2.75) is 426 Å². The molecule has 3 rings (SSSR count). The van der Waals surface area contributed by atoms with Crippen molar-refractivity contribution in [1.82, 2.24) is 5.32 Å². The maximum atomic E-state index is 13.5. The molecule has 19 nitrogen and oxygen atoms in total. The van der Waals surface area contributed by atoms with Crippen molar-refractivity contribution in [1.29, 1.82) is 0 Å². The molecule has 3 fully saturated rings.